The summed E-state index contributed by atoms with van der Waals surface area (Å²) in [4.78, 5) is 11.4. The lowest BCUT2D eigenvalue weighted by Gasteiger charge is -2.23. The molecule has 0 aliphatic carbocycles. The number of hydrogen-bond acceptors (Lipinski definition) is 3. The van der Waals surface area contributed by atoms with E-state index in [0.29, 0.717) is 12.3 Å². The first-order chi connectivity index (χ1) is 9.69. The molecule has 1 unspecified atom stereocenters. The van der Waals surface area contributed by atoms with Gasteiger partial charge < -0.3 is 15.4 Å². The van der Waals surface area contributed by atoms with Crippen LogP contribution in [0.2, 0.25) is 0 Å². The first kappa shape index (κ1) is 14.9. The molecule has 1 saturated heterocycles. The smallest absolute Gasteiger partial charge is 0.224 e. The molecule has 4 nitrogen and oxygen atoms in total. The lowest BCUT2D eigenvalue weighted by atomic mass is 10.0. The number of carbonyl (C=O) groups is 1. The molecule has 1 aromatic rings. The summed E-state index contributed by atoms with van der Waals surface area (Å²) in [6.07, 6.45) is 2.87. The summed E-state index contributed by atoms with van der Waals surface area (Å²) in [7, 11) is 0. The minimum atomic E-state index is 0.0421. The molecular weight excluding hydrogens is 252 g/mol. The van der Waals surface area contributed by atoms with Gasteiger partial charge in [-0.1, -0.05) is 13.0 Å². The van der Waals surface area contributed by atoms with E-state index in [1.807, 2.05) is 25.1 Å². The van der Waals surface area contributed by atoms with E-state index in [1.54, 1.807) is 0 Å². The molecule has 1 fully saturated rings. The van der Waals surface area contributed by atoms with Gasteiger partial charge in [0.25, 0.3) is 0 Å². The van der Waals surface area contributed by atoms with Crippen LogP contribution in [0.4, 0.5) is 11.4 Å². The zero-order valence-electron chi connectivity index (χ0n) is 12.4. The van der Waals surface area contributed by atoms with Gasteiger partial charge in [0.1, 0.15) is 0 Å². The maximum absolute atomic E-state index is 11.4. The van der Waals surface area contributed by atoms with Crippen molar-refractivity contribution in [1.29, 1.82) is 0 Å². The molecule has 2 N–H and O–H groups in total. The highest BCUT2D eigenvalue weighted by atomic mass is 16.5. The number of nitrogens with one attached hydrogen (secondary N) is 2. The van der Waals surface area contributed by atoms with Crippen molar-refractivity contribution in [2.45, 2.75) is 33.1 Å². The second kappa shape index (κ2) is 7.29. The molecule has 1 aliphatic heterocycles. The maximum Gasteiger partial charge on any atom is 0.224 e. The van der Waals surface area contributed by atoms with Crippen molar-refractivity contribution >= 4 is 17.3 Å². The van der Waals surface area contributed by atoms with Crippen LogP contribution in [0.3, 0.4) is 0 Å². The van der Waals surface area contributed by atoms with Crippen molar-refractivity contribution < 1.29 is 9.53 Å². The standard InChI is InChI=1S/C16H24N2O2/c1-3-16(19)18-14-7-6-12(2)15(9-14)17-10-13-5-4-8-20-11-13/h6-7,9,13,17H,3-5,8,10-11H2,1-2H3,(H,18,19). The first-order valence-electron chi connectivity index (χ1n) is 7.41. The Bertz CT molecular complexity index is 454. The van der Waals surface area contributed by atoms with Gasteiger partial charge >= 0.3 is 0 Å². The number of ether oxygens (including phenoxy) is 1. The van der Waals surface area contributed by atoms with Gasteiger partial charge in [0.05, 0.1) is 6.61 Å². The van der Waals surface area contributed by atoms with Gasteiger partial charge in [-0.2, -0.15) is 0 Å². The number of amides is 1. The average Bonchev–Trinajstić information content (AvgIpc) is 2.48. The van der Waals surface area contributed by atoms with Crippen LogP contribution >= 0.6 is 0 Å². The zero-order valence-corrected chi connectivity index (χ0v) is 12.4. The molecule has 1 atom stereocenters. The normalized spacial score (nSPS) is 18.6. The zero-order chi connectivity index (χ0) is 14.4. The second-order valence-electron chi connectivity index (χ2n) is 5.40. The predicted octanol–water partition coefficient (Wildman–Crippen LogP) is 3.18. The molecule has 110 valence electrons. The van der Waals surface area contributed by atoms with Gasteiger partial charge in [-0.3, -0.25) is 4.79 Å². The molecule has 0 aromatic heterocycles. The fourth-order valence-electron chi connectivity index (χ4n) is 2.36. The summed E-state index contributed by atoms with van der Waals surface area (Å²) in [5.41, 5.74) is 3.13. The third-order valence-corrected chi connectivity index (χ3v) is 3.68. The molecule has 0 radical (unpaired) electrons. The van der Waals surface area contributed by atoms with Crippen molar-refractivity contribution in [1.82, 2.24) is 0 Å². The van der Waals surface area contributed by atoms with E-state index in [1.165, 1.54) is 12.0 Å². The van der Waals surface area contributed by atoms with Gasteiger partial charge in [-0.25, -0.2) is 0 Å². The Labute approximate surface area is 120 Å². The van der Waals surface area contributed by atoms with Gasteiger partial charge in [-0.15, -0.1) is 0 Å². The minimum Gasteiger partial charge on any atom is -0.384 e. The summed E-state index contributed by atoms with van der Waals surface area (Å²) < 4.78 is 5.49. The fraction of sp³-hybridized carbons (Fsp3) is 0.562. The molecule has 1 amide bonds. The van der Waals surface area contributed by atoms with Crippen molar-refractivity contribution in [2.24, 2.45) is 5.92 Å². The molecule has 1 heterocycles. The molecule has 0 spiro atoms. The van der Waals surface area contributed by atoms with Crippen molar-refractivity contribution in [3.8, 4) is 0 Å². The number of hydrogen-bond donors (Lipinski definition) is 2. The second-order valence-corrected chi connectivity index (χ2v) is 5.40. The largest absolute Gasteiger partial charge is 0.384 e. The Morgan fingerprint density at radius 2 is 2.30 bits per heavy atom. The topological polar surface area (TPSA) is 50.4 Å². The highest BCUT2D eigenvalue weighted by molar-refractivity contribution is 5.91. The molecule has 1 aliphatic rings. The average molecular weight is 276 g/mol. The lowest BCUT2D eigenvalue weighted by molar-refractivity contribution is -0.115. The molecule has 0 saturated carbocycles. The molecule has 2 rings (SSSR count). The lowest BCUT2D eigenvalue weighted by Crippen LogP contribution is -2.24. The Hall–Kier alpha value is -1.55. The highest BCUT2D eigenvalue weighted by Gasteiger charge is 2.14. The molecule has 4 heteroatoms. The van der Waals surface area contributed by atoms with E-state index in [4.69, 9.17) is 4.74 Å². The number of carbonyl (C=O) groups excluding carboxylic acids is 1. The van der Waals surface area contributed by atoms with Crippen molar-refractivity contribution in [2.75, 3.05) is 30.4 Å². The van der Waals surface area contributed by atoms with Crippen LogP contribution in [0.25, 0.3) is 0 Å². The van der Waals surface area contributed by atoms with E-state index >= 15 is 0 Å². The summed E-state index contributed by atoms with van der Waals surface area (Å²) in [6.45, 7) is 6.59. The quantitative estimate of drug-likeness (QED) is 0.868. The van der Waals surface area contributed by atoms with E-state index in [2.05, 4.69) is 17.6 Å². The summed E-state index contributed by atoms with van der Waals surface area (Å²) in [5, 5.41) is 6.38. The van der Waals surface area contributed by atoms with Gasteiger partial charge in [-0.05, 0) is 43.4 Å². The van der Waals surface area contributed by atoms with Crippen molar-refractivity contribution in [3.05, 3.63) is 23.8 Å². The van der Waals surface area contributed by atoms with E-state index in [9.17, 15) is 4.79 Å². The Morgan fingerprint density at radius 3 is 3.00 bits per heavy atom. The Morgan fingerprint density at radius 1 is 1.45 bits per heavy atom. The van der Waals surface area contributed by atoms with Crippen LogP contribution in [0.5, 0.6) is 0 Å². The summed E-state index contributed by atoms with van der Waals surface area (Å²) >= 11 is 0. The summed E-state index contributed by atoms with van der Waals surface area (Å²) in [5.74, 6) is 0.623. The fourth-order valence-corrected chi connectivity index (χ4v) is 2.36. The van der Waals surface area contributed by atoms with Crippen LogP contribution in [0.15, 0.2) is 18.2 Å². The van der Waals surface area contributed by atoms with Crippen LogP contribution in [0, 0.1) is 12.8 Å². The van der Waals surface area contributed by atoms with Gasteiger partial charge in [0, 0.05) is 30.9 Å². The molecule has 0 bridgehead atoms. The minimum absolute atomic E-state index is 0.0421. The Balaban J connectivity index is 1.95. The van der Waals surface area contributed by atoms with Crippen LogP contribution in [0.1, 0.15) is 31.7 Å². The predicted molar refractivity (Wildman–Crippen MR) is 82.1 cm³/mol. The number of aryl methyl sites for hydroxylation is 1. The van der Waals surface area contributed by atoms with Crippen LogP contribution in [-0.4, -0.2) is 25.7 Å². The molecule has 1 aromatic carbocycles. The van der Waals surface area contributed by atoms with Gasteiger partial charge in [0.2, 0.25) is 5.91 Å². The third kappa shape index (κ3) is 4.23. The number of rotatable bonds is 5. The van der Waals surface area contributed by atoms with E-state index in [-0.39, 0.29) is 5.91 Å². The van der Waals surface area contributed by atoms with Crippen molar-refractivity contribution in [3.63, 3.8) is 0 Å². The SMILES string of the molecule is CCC(=O)Nc1ccc(C)c(NCC2CCCOC2)c1. The third-order valence-electron chi connectivity index (χ3n) is 3.68. The van der Waals surface area contributed by atoms with E-state index < -0.39 is 0 Å². The Kier molecular flexibility index (Phi) is 5.41. The van der Waals surface area contributed by atoms with Crippen LogP contribution in [-0.2, 0) is 9.53 Å². The van der Waals surface area contributed by atoms with E-state index in [0.717, 1.165) is 37.6 Å². The molecule has 20 heavy (non-hydrogen) atoms. The maximum atomic E-state index is 11.4. The number of anilines is 2. The first-order valence-corrected chi connectivity index (χ1v) is 7.41. The summed E-state index contributed by atoms with van der Waals surface area (Å²) in [6, 6.07) is 5.98. The van der Waals surface area contributed by atoms with Gasteiger partial charge in [0.15, 0.2) is 0 Å². The molecular formula is C16H24N2O2. The monoisotopic (exact) mass is 276 g/mol. The number of benzene rings is 1. The highest BCUT2D eigenvalue weighted by Crippen LogP contribution is 2.22. The van der Waals surface area contributed by atoms with Crippen LogP contribution < -0.4 is 10.6 Å².